The molecule has 0 unspecified atom stereocenters. The summed E-state index contributed by atoms with van der Waals surface area (Å²) in [6.45, 7) is 0. The van der Waals surface area contributed by atoms with Crippen LogP contribution in [-0.2, 0) is 18.6 Å². The van der Waals surface area contributed by atoms with Crippen molar-refractivity contribution in [2.24, 2.45) is 0 Å². The van der Waals surface area contributed by atoms with Crippen LogP contribution in [0.2, 0.25) is 0 Å². The van der Waals surface area contributed by atoms with E-state index in [0.717, 1.165) is 35.5 Å². The van der Waals surface area contributed by atoms with Crippen LogP contribution < -0.4 is 5.32 Å². The molecule has 1 aromatic rings. The van der Waals surface area contributed by atoms with Gasteiger partial charge in [0.25, 0.3) is 0 Å². The van der Waals surface area contributed by atoms with Crippen LogP contribution in [0.5, 0.6) is 0 Å². The van der Waals surface area contributed by atoms with Crippen molar-refractivity contribution < 1.29 is 0 Å². The van der Waals surface area contributed by atoms with Crippen LogP contribution in [0.1, 0.15) is 55.6 Å². The van der Waals surface area contributed by atoms with Gasteiger partial charge in [0.1, 0.15) is 11.6 Å². The fourth-order valence-corrected chi connectivity index (χ4v) is 4.36. The number of hydrogen-bond donors (Lipinski definition) is 1. The fraction of sp³-hybridized carbons (Fsp3) is 0.733. The van der Waals surface area contributed by atoms with Crippen molar-refractivity contribution in [2.75, 3.05) is 12.4 Å². The number of rotatable bonds is 4. The van der Waals surface area contributed by atoms with Crippen LogP contribution in [0.25, 0.3) is 0 Å². The van der Waals surface area contributed by atoms with E-state index in [1.54, 1.807) is 0 Å². The Bertz CT molecular complexity index is 441. The van der Waals surface area contributed by atoms with E-state index in [1.165, 1.54) is 49.8 Å². The summed E-state index contributed by atoms with van der Waals surface area (Å²) in [7, 11) is 1.97. The number of aromatic nitrogens is 2. The van der Waals surface area contributed by atoms with Gasteiger partial charge >= 0.3 is 0 Å². The zero-order valence-electron chi connectivity index (χ0n) is 11.7. The lowest BCUT2D eigenvalue weighted by Gasteiger charge is -2.20. The maximum Gasteiger partial charge on any atom is 0.140 e. The lowest BCUT2D eigenvalue weighted by atomic mass is 10.0. The van der Waals surface area contributed by atoms with Gasteiger partial charge in [-0.2, -0.15) is 11.8 Å². The first-order valence-electron chi connectivity index (χ1n) is 7.55. The number of aryl methyl sites for hydroxylation is 1. The van der Waals surface area contributed by atoms with Crippen LogP contribution in [0.15, 0.2) is 0 Å². The molecule has 0 aromatic carbocycles. The van der Waals surface area contributed by atoms with Gasteiger partial charge < -0.3 is 5.32 Å². The molecule has 19 heavy (non-hydrogen) atoms. The van der Waals surface area contributed by atoms with Crippen LogP contribution in [-0.4, -0.2) is 22.3 Å². The number of thioether (sulfide) groups is 1. The molecule has 1 aromatic heterocycles. The van der Waals surface area contributed by atoms with Gasteiger partial charge in [0.05, 0.1) is 5.75 Å². The van der Waals surface area contributed by atoms with E-state index in [0.29, 0.717) is 0 Å². The molecule has 0 atom stereocenters. The van der Waals surface area contributed by atoms with E-state index in [4.69, 9.17) is 9.97 Å². The summed E-state index contributed by atoms with van der Waals surface area (Å²) in [5.74, 6) is 3.08. The molecular formula is C15H23N3S. The van der Waals surface area contributed by atoms with E-state index in [1.807, 2.05) is 7.05 Å². The molecular weight excluding hydrogens is 254 g/mol. The van der Waals surface area contributed by atoms with Crippen molar-refractivity contribution in [3.05, 3.63) is 17.1 Å². The lowest BCUT2D eigenvalue weighted by molar-refractivity contribution is 0.516. The Balaban J connectivity index is 1.67. The second kappa shape index (κ2) is 6.12. The Labute approximate surface area is 120 Å². The van der Waals surface area contributed by atoms with Crippen LogP contribution >= 0.6 is 11.8 Å². The van der Waals surface area contributed by atoms with Gasteiger partial charge in [0.15, 0.2) is 0 Å². The molecule has 2 aliphatic carbocycles. The average Bonchev–Trinajstić information content (AvgIpc) is 2.93. The molecule has 1 fully saturated rings. The average molecular weight is 277 g/mol. The highest BCUT2D eigenvalue weighted by Crippen LogP contribution is 2.31. The normalized spacial score (nSPS) is 19.4. The second-order valence-corrected chi connectivity index (χ2v) is 6.88. The number of fused-ring (bicyclic) bond motifs is 1. The molecule has 0 amide bonds. The first-order valence-corrected chi connectivity index (χ1v) is 8.59. The Morgan fingerprint density at radius 2 is 1.95 bits per heavy atom. The first kappa shape index (κ1) is 13.2. The second-order valence-electron chi connectivity index (χ2n) is 5.59. The third-order valence-electron chi connectivity index (χ3n) is 4.22. The van der Waals surface area contributed by atoms with Crippen molar-refractivity contribution in [1.82, 2.24) is 9.97 Å². The predicted octanol–water partition coefficient (Wildman–Crippen LogP) is 3.57. The Kier molecular flexibility index (Phi) is 4.26. The molecule has 1 saturated carbocycles. The summed E-state index contributed by atoms with van der Waals surface area (Å²) in [6, 6.07) is 0. The molecule has 1 heterocycles. The van der Waals surface area contributed by atoms with E-state index in [9.17, 15) is 0 Å². The maximum absolute atomic E-state index is 4.77. The van der Waals surface area contributed by atoms with Gasteiger partial charge in [0.2, 0.25) is 0 Å². The quantitative estimate of drug-likeness (QED) is 0.913. The topological polar surface area (TPSA) is 37.8 Å². The van der Waals surface area contributed by atoms with Crippen molar-refractivity contribution in [3.8, 4) is 0 Å². The molecule has 4 heteroatoms. The SMILES string of the molecule is CNc1nc(CSC2CCCCC2)nc2c1CCC2. The van der Waals surface area contributed by atoms with Crippen molar-refractivity contribution in [2.45, 2.75) is 62.4 Å². The molecule has 1 N–H and O–H groups in total. The first-order chi connectivity index (χ1) is 9.36. The van der Waals surface area contributed by atoms with E-state index in [-0.39, 0.29) is 0 Å². The summed E-state index contributed by atoms with van der Waals surface area (Å²) in [6.07, 6.45) is 10.5. The minimum Gasteiger partial charge on any atom is -0.373 e. The Morgan fingerprint density at radius 1 is 1.11 bits per heavy atom. The van der Waals surface area contributed by atoms with Gasteiger partial charge in [-0.05, 0) is 32.1 Å². The van der Waals surface area contributed by atoms with Crippen molar-refractivity contribution in [3.63, 3.8) is 0 Å². The summed E-state index contributed by atoms with van der Waals surface area (Å²) in [5.41, 5.74) is 2.65. The zero-order chi connectivity index (χ0) is 13.1. The molecule has 3 nitrogen and oxygen atoms in total. The molecule has 0 spiro atoms. The summed E-state index contributed by atoms with van der Waals surface area (Å²) in [4.78, 5) is 9.48. The molecule has 0 aliphatic heterocycles. The lowest BCUT2D eigenvalue weighted by Crippen LogP contribution is -2.10. The van der Waals surface area contributed by atoms with Gasteiger partial charge in [0, 0.05) is 23.6 Å². The third-order valence-corrected chi connectivity index (χ3v) is 5.58. The van der Waals surface area contributed by atoms with Crippen LogP contribution in [0, 0.1) is 0 Å². The third kappa shape index (κ3) is 3.04. The highest BCUT2D eigenvalue weighted by molar-refractivity contribution is 7.99. The number of nitrogens with zero attached hydrogens (tertiary/aromatic N) is 2. The largest absolute Gasteiger partial charge is 0.373 e. The smallest absolute Gasteiger partial charge is 0.140 e. The highest BCUT2D eigenvalue weighted by atomic mass is 32.2. The molecule has 0 saturated heterocycles. The summed E-state index contributed by atoms with van der Waals surface area (Å²) in [5, 5.41) is 4.08. The minimum atomic E-state index is 0.837. The molecule has 2 aliphatic rings. The van der Waals surface area contributed by atoms with E-state index in [2.05, 4.69) is 17.1 Å². The van der Waals surface area contributed by atoms with Crippen LogP contribution in [0.4, 0.5) is 5.82 Å². The number of nitrogens with one attached hydrogen (secondary N) is 1. The highest BCUT2D eigenvalue weighted by Gasteiger charge is 2.20. The van der Waals surface area contributed by atoms with Crippen molar-refractivity contribution >= 4 is 17.6 Å². The zero-order valence-corrected chi connectivity index (χ0v) is 12.6. The van der Waals surface area contributed by atoms with Crippen molar-refractivity contribution in [1.29, 1.82) is 0 Å². The van der Waals surface area contributed by atoms with Gasteiger partial charge in [-0.15, -0.1) is 0 Å². The monoisotopic (exact) mass is 277 g/mol. The van der Waals surface area contributed by atoms with Crippen LogP contribution in [0.3, 0.4) is 0 Å². The maximum atomic E-state index is 4.77. The molecule has 104 valence electrons. The van der Waals surface area contributed by atoms with Gasteiger partial charge in [-0.1, -0.05) is 19.3 Å². The fourth-order valence-electron chi connectivity index (χ4n) is 3.18. The molecule has 0 radical (unpaired) electrons. The van der Waals surface area contributed by atoms with E-state index < -0.39 is 0 Å². The predicted molar refractivity (Wildman–Crippen MR) is 81.8 cm³/mol. The van der Waals surface area contributed by atoms with Gasteiger partial charge in [-0.25, -0.2) is 9.97 Å². The molecule has 0 bridgehead atoms. The number of hydrogen-bond acceptors (Lipinski definition) is 4. The van der Waals surface area contributed by atoms with E-state index >= 15 is 0 Å². The van der Waals surface area contributed by atoms with Gasteiger partial charge in [-0.3, -0.25) is 0 Å². The standard InChI is InChI=1S/C15H23N3S/c1-16-15-12-8-5-9-13(12)17-14(18-15)10-19-11-6-3-2-4-7-11/h11H,2-10H2,1H3,(H,16,17,18). The summed E-state index contributed by atoms with van der Waals surface area (Å²) >= 11 is 2.06. The Morgan fingerprint density at radius 3 is 2.74 bits per heavy atom. The summed E-state index contributed by atoms with van der Waals surface area (Å²) < 4.78 is 0. The Hall–Kier alpha value is -0.770. The minimum absolute atomic E-state index is 0.837. The molecule has 3 rings (SSSR count). The number of anilines is 1.